The second-order valence-corrected chi connectivity index (χ2v) is 11.3. The molecule has 8 rings (SSSR count). The maximum atomic E-state index is 13.4. The van der Waals surface area contributed by atoms with E-state index < -0.39 is 0 Å². The van der Waals surface area contributed by atoms with Gasteiger partial charge in [-0.2, -0.15) is 0 Å². The zero-order chi connectivity index (χ0) is 17.3. The third-order valence-electron chi connectivity index (χ3n) is 11.4. The molecule has 8 fully saturated rings. The highest BCUT2D eigenvalue weighted by molar-refractivity contribution is 5.83. The molecule has 2 aliphatic heterocycles. The van der Waals surface area contributed by atoms with Gasteiger partial charge >= 0.3 is 11.9 Å². The molecular weight excluding hydrogens is 328 g/mol. The second-order valence-electron chi connectivity index (χ2n) is 11.3. The van der Waals surface area contributed by atoms with Crippen LogP contribution in [-0.4, -0.2) is 24.1 Å². The molecule has 26 heavy (non-hydrogen) atoms. The molecule has 4 heteroatoms. The number of carbonyl (C=O) groups excluding carboxylic acids is 2. The molecule has 0 amide bonds. The number of hydrogen-bond donors (Lipinski definition) is 0. The van der Waals surface area contributed by atoms with Crippen molar-refractivity contribution < 1.29 is 19.1 Å². The maximum Gasteiger partial charge on any atom is 0.312 e. The predicted octanol–water partition coefficient (Wildman–Crippen LogP) is 2.65. The van der Waals surface area contributed by atoms with E-state index in [1.165, 1.54) is 0 Å². The summed E-state index contributed by atoms with van der Waals surface area (Å²) in [7, 11) is 0. The summed E-state index contributed by atoms with van der Waals surface area (Å²) in [5, 5.41) is 0. The van der Waals surface area contributed by atoms with E-state index in [-0.39, 0.29) is 35.0 Å². The Morgan fingerprint density at radius 2 is 1.08 bits per heavy atom. The van der Waals surface area contributed by atoms with Crippen LogP contribution in [0.1, 0.15) is 39.5 Å². The van der Waals surface area contributed by atoms with Crippen molar-refractivity contribution in [2.75, 3.05) is 0 Å². The van der Waals surface area contributed by atoms with Gasteiger partial charge in [-0.3, -0.25) is 9.59 Å². The summed E-state index contributed by atoms with van der Waals surface area (Å²) < 4.78 is 12.3. The minimum Gasteiger partial charge on any atom is -0.462 e. The summed E-state index contributed by atoms with van der Waals surface area (Å²) in [6.07, 6.45) is 4.56. The van der Waals surface area contributed by atoms with Crippen LogP contribution in [0.25, 0.3) is 0 Å². The number of hydrogen-bond acceptors (Lipinski definition) is 4. The van der Waals surface area contributed by atoms with Gasteiger partial charge in [0.2, 0.25) is 0 Å². The minimum atomic E-state index is -0.297. The van der Waals surface area contributed by atoms with Gasteiger partial charge in [0.1, 0.15) is 12.2 Å². The van der Waals surface area contributed by atoms with Gasteiger partial charge in [0.15, 0.2) is 0 Å². The van der Waals surface area contributed by atoms with Gasteiger partial charge in [-0.1, -0.05) is 0 Å². The molecule has 6 saturated carbocycles. The average Bonchev–Trinajstić information content (AvgIpc) is 3.34. The molecule has 8 aliphatic rings. The van der Waals surface area contributed by atoms with E-state index >= 15 is 0 Å². The fourth-order valence-electron chi connectivity index (χ4n) is 11.4. The van der Waals surface area contributed by atoms with Crippen molar-refractivity contribution in [2.24, 2.45) is 70.0 Å². The predicted molar refractivity (Wildman–Crippen MR) is 89.3 cm³/mol. The lowest BCUT2D eigenvalue weighted by molar-refractivity contribution is -0.189. The maximum absolute atomic E-state index is 13.4. The molecule has 6 aliphatic carbocycles. The van der Waals surface area contributed by atoms with Crippen molar-refractivity contribution in [2.45, 2.75) is 51.7 Å². The van der Waals surface area contributed by atoms with E-state index in [0.717, 1.165) is 25.7 Å². The number of esters is 2. The molecule has 0 aromatic rings. The monoisotopic (exact) mass is 354 g/mol. The molecule has 0 N–H and O–H groups in total. The third-order valence-corrected chi connectivity index (χ3v) is 11.4. The zero-order valence-corrected chi connectivity index (χ0v) is 15.4. The Balaban J connectivity index is 1.45. The summed E-state index contributed by atoms with van der Waals surface area (Å²) in [4.78, 5) is 26.7. The molecule has 0 aromatic carbocycles. The van der Waals surface area contributed by atoms with Gasteiger partial charge in [-0.05, 0) is 86.9 Å². The Morgan fingerprint density at radius 1 is 0.654 bits per heavy atom. The smallest absolute Gasteiger partial charge is 0.312 e. The SMILES string of the molecule is C[C@@]12C(=O)OC3CCC4C3C1C1C3C2C2CCC5OC(=O)[C@@](C)(C41)C3C52. The van der Waals surface area contributed by atoms with Crippen LogP contribution < -0.4 is 0 Å². The van der Waals surface area contributed by atoms with E-state index in [2.05, 4.69) is 13.8 Å². The van der Waals surface area contributed by atoms with Crippen LogP contribution in [0.2, 0.25) is 0 Å². The molecule has 2 saturated heterocycles. The van der Waals surface area contributed by atoms with Gasteiger partial charge in [0, 0.05) is 11.8 Å². The van der Waals surface area contributed by atoms with Crippen LogP contribution in [0, 0.1) is 70.0 Å². The normalized spacial score (nSPS) is 72.7. The molecule has 0 spiro atoms. The quantitative estimate of drug-likeness (QED) is 0.628. The van der Waals surface area contributed by atoms with Crippen molar-refractivity contribution >= 4 is 11.9 Å². The topological polar surface area (TPSA) is 52.6 Å². The lowest BCUT2D eigenvalue weighted by atomic mass is 9.61. The Kier molecular flexibility index (Phi) is 1.95. The van der Waals surface area contributed by atoms with Crippen LogP contribution >= 0.6 is 0 Å². The molecule has 12 unspecified atom stereocenters. The number of fused-ring (bicyclic) bond motifs is 4. The lowest BCUT2D eigenvalue weighted by Crippen LogP contribution is -2.53. The lowest BCUT2D eigenvalue weighted by Gasteiger charge is -2.47. The van der Waals surface area contributed by atoms with E-state index in [9.17, 15) is 9.59 Å². The number of ether oxygens (including phenoxy) is 2. The Bertz CT molecular complexity index is 740. The fourth-order valence-corrected chi connectivity index (χ4v) is 11.4. The summed E-state index contributed by atoms with van der Waals surface area (Å²) in [6.45, 7) is 4.53. The Morgan fingerprint density at radius 3 is 1.50 bits per heavy atom. The van der Waals surface area contributed by atoms with Crippen molar-refractivity contribution in [3.05, 3.63) is 0 Å². The highest BCUT2D eigenvalue weighted by Gasteiger charge is 2.88. The molecule has 4 nitrogen and oxygen atoms in total. The Labute approximate surface area is 153 Å². The van der Waals surface area contributed by atoms with Crippen molar-refractivity contribution in [3.8, 4) is 0 Å². The van der Waals surface area contributed by atoms with E-state index in [0.29, 0.717) is 59.2 Å². The van der Waals surface area contributed by atoms with Crippen LogP contribution in [0.15, 0.2) is 0 Å². The van der Waals surface area contributed by atoms with Gasteiger partial charge in [-0.15, -0.1) is 0 Å². The van der Waals surface area contributed by atoms with Crippen LogP contribution in [0.5, 0.6) is 0 Å². The molecule has 0 bridgehead atoms. The second kappa shape index (κ2) is 3.63. The summed E-state index contributed by atoms with van der Waals surface area (Å²) >= 11 is 0. The first-order chi connectivity index (χ1) is 12.5. The summed E-state index contributed by atoms with van der Waals surface area (Å²) in [5.41, 5.74) is -0.593. The summed E-state index contributed by atoms with van der Waals surface area (Å²) in [6, 6.07) is 0. The third kappa shape index (κ3) is 1.00. The molecule has 0 radical (unpaired) electrons. The van der Waals surface area contributed by atoms with Crippen molar-refractivity contribution in [3.63, 3.8) is 0 Å². The summed E-state index contributed by atoms with van der Waals surface area (Å²) in [5.74, 6) is 5.35. The van der Waals surface area contributed by atoms with Gasteiger partial charge in [-0.25, -0.2) is 0 Å². The largest absolute Gasteiger partial charge is 0.462 e. The van der Waals surface area contributed by atoms with Crippen molar-refractivity contribution in [1.29, 1.82) is 0 Å². The molecule has 2 heterocycles. The van der Waals surface area contributed by atoms with Crippen LogP contribution in [-0.2, 0) is 19.1 Å². The number of rotatable bonds is 0. The first-order valence-electron chi connectivity index (χ1n) is 10.9. The van der Waals surface area contributed by atoms with E-state index in [4.69, 9.17) is 9.47 Å². The first-order valence-corrected chi connectivity index (χ1v) is 10.9. The first kappa shape index (κ1) is 14.0. The molecule has 0 aromatic heterocycles. The highest BCUT2D eigenvalue weighted by Crippen LogP contribution is 2.86. The standard InChI is InChI=1S/C22H26O4/c1-21-15-7-3-5-10-12(7)18-13(15)14-16(22(18,2)20(24)26-10)8-4-6-9(25-19(21)23)11(8)17(14)21/h7-18H,3-6H2,1-2H3/t7?,8?,9?,10?,11?,12?,13?,14?,15?,16?,17?,18?,21-,22-/m0/s1. The van der Waals surface area contributed by atoms with Gasteiger partial charge < -0.3 is 9.47 Å². The van der Waals surface area contributed by atoms with E-state index in [1.54, 1.807) is 0 Å². The van der Waals surface area contributed by atoms with Crippen LogP contribution in [0.3, 0.4) is 0 Å². The number of carbonyl (C=O) groups is 2. The molecule has 14 atom stereocenters. The molecular formula is C22H26O4. The van der Waals surface area contributed by atoms with Crippen molar-refractivity contribution in [1.82, 2.24) is 0 Å². The molecule has 138 valence electrons. The zero-order valence-electron chi connectivity index (χ0n) is 15.4. The highest BCUT2D eigenvalue weighted by atomic mass is 16.6. The van der Waals surface area contributed by atoms with Gasteiger partial charge in [0.25, 0.3) is 0 Å². The fraction of sp³-hybridized carbons (Fsp3) is 0.909. The average molecular weight is 354 g/mol. The van der Waals surface area contributed by atoms with Gasteiger partial charge in [0.05, 0.1) is 10.8 Å². The van der Waals surface area contributed by atoms with Crippen LogP contribution in [0.4, 0.5) is 0 Å². The minimum absolute atomic E-state index is 0.112. The van der Waals surface area contributed by atoms with E-state index in [1.807, 2.05) is 0 Å². The Hall–Kier alpha value is -1.06.